The van der Waals surface area contributed by atoms with E-state index < -0.39 is 23.1 Å². The minimum Gasteiger partial charge on any atom is -0.481 e. The summed E-state index contributed by atoms with van der Waals surface area (Å²) in [5, 5.41) is 9.50. The summed E-state index contributed by atoms with van der Waals surface area (Å²) < 4.78 is 13.3. The molecule has 1 amide bonds. The second-order valence-corrected chi connectivity index (χ2v) is 5.49. The van der Waals surface area contributed by atoms with Gasteiger partial charge in [0.2, 0.25) is 0 Å². The minimum absolute atomic E-state index is 0.0901. The van der Waals surface area contributed by atoms with E-state index >= 15 is 0 Å². The van der Waals surface area contributed by atoms with Gasteiger partial charge in [-0.1, -0.05) is 6.92 Å². The largest absolute Gasteiger partial charge is 0.481 e. The molecule has 1 saturated heterocycles. The van der Waals surface area contributed by atoms with E-state index in [1.165, 1.54) is 12.1 Å². The van der Waals surface area contributed by atoms with E-state index in [1.54, 1.807) is 0 Å². The molecule has 5 nitrogen and oxygen atoms in total. The zero-order valence-electron chi connectivity index (χ0n) is 11.9. The van der Waals surface area contributed by atoms with Crippen molar-refractivity contribution in [1.29, 1.82) is 0 Å². The second kappa shape index (κ2) is 5.71. The normalized spacial score (nSPS) is 22.1. The molecule has 0 aromatic heterocycles. The minimum atomic E-state index is -0.836. The van der Waals surface area contributed by atoms with Gasteiger partial charge in [0.1, 0.15) is 5.82 Å². The number of amides is 1. The Hall–Kier alpha value is -2.11. The van der Waals surface area contributed by atoms with Crippen LogP contribution in [0.2, 0.25) is 0 Å². The van der Waals surface area contributed by atoms with Crippen molar-refractivity contribution in [3.63, 3.8) is 0 Å². The monoisotopic (exact) mass is 294 g/mol. The number of aliphatic carboxylic acids is 1. The van der Waals surface area contributed by atoms with Crippen molar-refractivity contribution in [2.24, 2.45) is 11.1 Å². The SMILES string of the molecule is CCC1(C(=O)O)CCCN(c2ccc(F)cc2C(N)=O)C1. The Morgan fingerprint density at radius 1 is 1.48 bits per heavy atom. The van der Waals surface area contributed by atoms with Crippen LogP contribution in [0.3, 0.4) is 0 Å². The summed E-state index contributed by atoms with van der Waals surface area (Å²) in [6.07, 6.45) is 1.81. The van der Waals surface area contributed by atoms with Gasteiger partial charge >= 0.3 is 5.97 Å². The second-order valence-electron chi connectivity index (χ2n) is 5.49. The summed E-state index contributed by atoms with van der Waals surface area (Å²) in [6.45, 7) is 2.77. The number of anilines is 1. The van der Waals surface area contributed by atoms with Gasteiger partial charge in [-0.2, -0.15) is 0 Å². The molecule has 2 rings (SSSR count). The van der Waals surface area contributed by atoms with Crippen molar-refractivity contribution in [3.8, 4) is 0 Å². The molecule has 1 aromatic carbocycles. The Balaban J connectivity index is 2.38. The van der Waals surface area contributed by atoms with Crippen molar-refractivity contribution in [1.82, 2.24) is 0 Å². The Morgan fingerprint density at radius 3 is 2.76 bits per heavy atom. The Morgan fingerprint density at radius 2 is 2.19 bits per heavy atom. The molecule has 1 unspecified atom stereocenters. The molecule has 0 spiro atoms. The highest BCUT2D eigenvalue weighted by molar-refractivity contribution is 5.98. The molecule has 0 saturated carbocycles. The molecule has 1 aromatic rings. The lowest BCUT2D eigenvalue weighted by Crippen LogP contribution is -2.48. The highest BCUT2D eigenvalue weighted by atomic mass is 19.1. The highest BCUT2D eigenvalue weighted by Crippen LogP contribution is 2.36. The number of carbonyl (C=O) groups excluding carboxylic acids is 1. The van der Waals surface area contributed by atoms with E-state index in [1.807, 2.05) is 11.8 Å². The number of carboxylic acids is 1. The lowest BCUT2D eigenvalue weighted by Gasteiger charge is -2.41. The number of carbonyl (C=O) groups is 2. The number of carboxylic acid groups (broad SMARTS) is 1. The smallest absolute Gasteiger partial charge is 0.311 e. The number of hydrogen-bond acceptors (Lipinski definition) is 3. The van der Waals surface area contributed by atoms with Crippen LogP contribution in [-0.4, -0.2) is 30.1 Å². The predicted molar refractivity (Wildman–Crippen MR) is 76.7 cm³/mol. The van der Waals surface area contributed by atoms with Gasteiger partial charge in [0.05, 0.1) is 11.0 Å². The average Bonchev–Trinajstić information content (AvgIpc) is 2.46. The van der Waals surface area contributed by atoms with E-state index in [2.05, 4.69) is 0 Å². The van der Waals surface area contributed by atoms with Crippen LogP contribution < -0.4 is 10.6 Å². The van der Waals surface area contributed by atoms with Gasteiger partial charge in [0, 0.05) is 18.8 Å². The third-order valence-electron chi connectivity index (χ3n) is 4.27. The van der Waals surface area contributed by atoms with Crippen molar-refractivity contribution in [2.45, 2.75) is 26.2 Å². The van der Waals surface area contributed by atoms with Gasteiger partial charge in [-0.05, 0) is 37.5 Å². The van der Waals surface area contributed by atoms with E-state index in [-0.39, 0.29) is 5.56 Å². The lowest BCUT2D eigenvalue weighted by molar-refractivity contribution is -0.149. The first-order chi connectivity index (χ1) is 9.89. The highest BCUT2D eigenvalue weighted by Gasteiger charge is 2.41. The molecule has 0 bridgehead atoms. The van der Waals surface area contributed by atoms with E-state index in [0.717, 1.165) is 6.07 Å². The number of nitrogens with zero attached hydrogens (tertiary/aromatic N) is 1. The molecule has 114 valence electrons. The fraction of sp³-hybridized carbons (Fsp3) is 0.467. The molecule has 3 N–H and O–H groups in total. The van der Waals surface area contributed by atoms with Crippen LogP contribution >= 0.6 is 0 Å². The number of primary amides is 1. The molecule has 1 heterocycles. The summed E-state index contributed by atoms with van der Waals surface area (Å²) in [5.41, 5.74) is 5.06. The summed E-state index contributed by atoms with van der Waals surface area (Å²) in [6, 6.07) is 3.84. The van der Waals surface area contributed by atoms with Gasteiger partial charge in [0.15, 0.2) is 0 Å². The molecule has 1 fully saturated rings. The van der Waals surface area contributed by atoms with Crippen LogP contribution in [0, 0.1) is 11.2 Å². The van der Waals surface area contributed by atoms with E-state index in [0.29, 0.717) is 38.0 Å². The van der Waals surface area contributed by atoms with E-state index in [9.17, 15) is 19.1 Å². The first-order valence-electron chi connectivity index (χ1n) is 6.97. The molecule has 1 atom stereocenters. The van der Waals surface area contributed by atoms with E-state index in [4.69, 9.17) is 5.73 Å². The number of benzene rings is 1. The van der Waals surface area contributed by atoms with Crippen LogP contribution in [0.4, 0.5) is 10.1 Å². The molecule has 21 heavy (non-hydrogen) atoms. The van der Waals surface area contributed by atoms with Crippen LogP contribution in [0.25, 0.3) is 0 Å². The summed E-state index contributed by atoms with van der Waals surface area (Å²) in [7, 11) is 0. The Labute approximate surface area is 122 Å². The zero-order chi connectivity index (χ0) is 15.6. The van der Waals surface area contributed by atoms with Crippen LogP contribution in [-0.2, 0) is 4.79 Å². The standard InChI is InChI=1S/C15H19FN2O3/c1-2-15(14(20)21)6-3-7-18(9-15)12-5-4-10(16)8-11(12)13(17)19/h4-5,8H,2-3,6-7,9H2,1H3,(H2,17,19)(H,20,21). The number of hydrogen-bond donors (Lipinski definition) is 2. The Bertz CT molecular complexity index is 576. The first-order valence-corrected chi connectivity index (χ1v) is 6.97. The third kappa shape index (κ3) is 2.84. The Kier molecular flexibility index (Phi) is 4.16. The van der Waals surface area contributed by atoms with Crippen molar-refractivity contribution in [3.05, 3.63) is 29.6 Å². The maximum Gasteiger partial charge on any atom is 0.311 e. The average molecular weight is 294 g/mol. The number of piperidine rings is 1. The van der Waals surface area contributed by atoms with Crippen LogP contribution in [0.15, 0.2) is 18.2 Å². The number of rotatable bonds is 4. The summed E-state index contributed by atoms with van der Waals surface area (Å²) in [4.78, 5) is 24.9. The molecule has 1 aliphatic heterocycles. The fourth-order valence-electron chi connectivity index (χ4n) is 2.93. The van der Waals surface area contributed by atoms with Gasteiger partial charge in [-0.3, -0.25) is 9.59 Å². The first kappa shape index (κ1) is 15.3. The maximum absolute atomic E-state index is 13.3. The maximum atomic E-state index is 13.3. The van der Waals surface area contributed by atoms with Gasteiger partial charge in [0.25, 0.3) is 5.91 Å². The van der Waals surface area contributed by atoms with Crippen molar-refractivity contribution < 1.29 is 19.1 Å². The lowest BCUT2D eigenvalue weighted by atomic mass is 9.77. The van der Waals surface area contributed by atoms with Gasteiger partial charge in [-0.25, -0.2) is 4.39 Å². The molecular formula is C15H19FN2O3. The third-order valence-corrected chi connectivity index (χ3v) is 4.27. The quantitative estimate of drug-likeness (QED) is 0.889. The summed E-state index contributed by atoms with van der Waals surface area (Å²) >= 11 is 0. The van der Waals surface area contributed by atoms with Crippen molar-refractivity contribution in [2.75, 3.05) is 18.0 Å². The topological polar surface area (TPSA) is 83.6 Å². The number of nitrogens with two attached hydrogens (primary N) is 1. The molecular weight excluding hydrogens is 275 g/mol. The molecule has 0 radical (unpaired) electrons. The molecule has 0 aliphatic carbocycles. The number of halogens is 1. The predicted octanol–water partition coefficient (Wildman–Crippen LogP) is 2.01. The molecule has 6 heteroatoms. The zero-order valence-corrected chi connectivity index (χ0v) is 11.9. The molecule has 1 aliphatic rings. The fourth-order valence-corrected chi connectivity index (χ4v) is 2.93. The summed E-state index contributed by atoms with van der Waals surface area (Å²) in [5.74, 6) is -2.09. The van der Waals surface area contributed by atoms with Crippen molar-refractivity contribution >= 4 is 17.6 Å². The van der Waals surface area contributed by atoms with Crippen LogP contribution in [0.1, 0.15) is 36.5 Å². The van der Waals surface area contributed by atoms with Gasteiger partial charge < -0.3 is 15.7 Å². The van der Waals surface area contributed by atoms with Crippen LogP contribution in [0.5, 0.6) is 0 Å². The van der Waals surface area contributed by atoms with Gasteiger partial charge in [-0.15, -0.1) is 0 Å².